The van der Waals surface area contributed by atoms with E-state index < -0.39 is 12.1 Å². The van der Waals surface area contributed by atoms with Gasteiger partial charge >= 0.3 is 5.97 Å². The van der Waals surface area contributed by atoms with Gasteiger partial charge < -0.3 is 19.6 Å². The first-order valence-corrected chi connectivity index (χ1v) is 6.79. The molecule has 20 heavy (non-hydrogen) atoms. The van der Waals surface area contributed by atoms with E-state index in [1.807, 2.05) is 0 Å². The summed E-state index contributed by atoms with van der Waals surface area (Å²) in [5.41, 5.74) is 0. The standard InChI is InChI=1S/C13H20N2O5/c1-8-6-15(7-10(20-8)13(18)19)12(17)9-3-4-14(2)11(16)5-9/h8-10H,3-7H2,1-2H3,(H,18,19)/t8-,9?,10?/m1/s1. The molecule has 0 aromatic heterocycles. The second kappa shape index (κ2) is 5.78. The molecule has 2 fully saturated rings. The van der Waals surface area contributed by atoms with Crippen LogP contribution >= 0.6 is 0 Å². The van der Waals surface area contributed by atoms with Crippen LogP contribution in [0.4, 0.5) is 0 Å². The highest BCUT2D eigenvalue weighted by molar-refractivity contribution is 5.87. The maximum Gasteiger partial charge on any atom is 0.334 e. The second-order valence-corrected chi connectivity index (χ2v) is 5.52. The van der Waals surface area contributed by atoms with Gasteiger partial charge in [0.15, 0.2) is 6.10 Å². The van der Waals surface area contributed by atoms with Crippen molar-refractivity contribution in [3.63, 3.8) is 0 Å². The average Bonchev–Trinajstić information content (AvgIpc) is 2.40. The minimum absolute atomic E-state index is 0.0364. The summed E-state index contributed by atoms with van der Waals surface area (Å²) in [6, 6.07) is 0. The number of carboxylic acids is 1. The molecule has 1 N–H and O–H groups in total. The van der Waals surface area contributed by atoms with E-state index in [1.54, 1.807) is 18.9 Å². The Morgan fingerprint density at radius 1 is 1.35 bits per heavy atom. The minimum atomic E-state index is -1.06. The first-order valence-electron chi connectivity index (χ1n) is 6.79. The van der Waals surface area contributed by atoms with Crippen LogP contribution in [-0.2, 0) is 19.1 Å². The molecule has 7 nitrogen and oxygen atoms in total. The van der Waals surface area contributed by atoms with Gasteiger partial charge in [0.25, 0.3) is 0 Å². The summed E-state index contributed by atoms with van der Waals surface area (Å²) >= 11 is 0. The van der Waals surface area contributed by atoms with Crippen molar-refractivity contribution < 1.29 is 24.2 Å². The van der Waals surface area contributed by atoms with Crippen molar-refractivity contribution >= 4 is 17.8 Å². The van der Waals surface area contributed by atoms with E-state index in [2.05, 4.69) is 0 Å². The number of nitrogens with zero attached hydrogens (tertiary/aromatic N) is 2. The van der Waals surface area contributed by atoms with Crippen LogP contribution in [0.2, 0.25) is 0 Å². The first-order chi connectivity index (χ1) is 9.38. The summed E-state index contributed by atoms with van der Waals surface area (Å²) in [6.07, 6.45) is -0.455. The number of hydrogen-bond acceptors (Lipinski definition) is 4. The zero-order chi connectivity index (χ0) is 14.9. The Morgan fingerprint density at radius 3 is 2.65 bits per heavy atom. The van der Waals surface area contributed by atoms with Crippen molar-refractivity contribution in [3.8, 4) is 0 Å². The van der Waals surface area contributed by atoms with E-state index >= 15 is 0 Å². The Labute approximate surface area is 117 Å². The molecular weight excluding hydrogens is 264 g/mol. The Balaban J connectivity index is 2.01. The summed E-state index contributed by atoms with van der Waals surface area (Å²) in [6.45, 7) is 2.74. The molecule has 0 aliphatic carbocycles. The molecule has 112 valence electrons. The fourth-order valence-corrected chi connectivity index (χ4v) is 2.68. The molecule has 7 heteroatoms. The number of carbonyl (C=O) groups excluding carboxylic acids is 2. The first kappa shape index (κ1) is 14.8. The van der Waals surface area contributed by atoms with Gasteiger partial charge in [0.1, 0.15) is 0 Å². The lowest BCUT2D eigenvalue weighted by Gasteiger charge is -2.38. The highest BCUT2D eigenvalue weighted by Crippen LogP contribution is 2.22. The second-order valence-electron chi connectivity index (χ2n) is 5.52. The van der Waals surface area contributed by atoms with Crippen LogP contribution in [-0.4, -0.2) is 71.6 Å². The smallest absolute Gasteiger partial charge is 0.334 e. The highest BCUT2D eigenvalue weighted by Gasteiger charge is 2.37. The lowest BCUT2D eigenvalue weighted by Crippen LogP contribution is -2.54. The van der Waals surface area contributed by atoms with Crippen LogP contribution in [0.15, 0.2) is 0 Å². The molecule has 0 saturated carbocycles. The molecule has 3 atom stereocenters. The van der Waals surface area contributed by atoms with Gasteiger partial charge in [0.05, 0.1) is 12.6 Å². The van der Waals surface area contributed by atoms with Gasteiger partial charge in [-0.25, -0.2) is 4.79 Å². The fourth-order valence-electron chi connectivity index (χ4n) is 2.68. The monoisotopic (exact) mass is 284 g/mol. The van der Waals surface area contributed by atoms with Gasteiger partial charge in [0, 0.05) is 32.5 Å². The van der Waals surface area contributed by atoms with Crippen molar-refractivity contribution in [3.05, 3.63) is 0 Å². The summed E-state index contributed by atoms with van der Waals surface area (Å²) < 4.78 is 5.29. The molecule has 2 amide bonds. The minimum Gasteiger partial charge on any atom is -0.479 e. The van der Waals surface area contributed by atoms with Gasteiger partial charge in [0.2, 0.25) is 11.8 Å². The van der Waals surface area contributed by atoms with Gasteiger partial charge in [-0.1, -0.05) is 0 Å². The van der Waals surface area contributed by atoms with Crippen molar-refractivity contribution in [2.24, 2.45) is 5.92 Å². The Morgan fingerprint density at radius 2 is 2.05 bits per heavy atom. The quantitative estimate of drug-likeness (QED) is 0.742. The molecule has 2 heterocycles. The van der Waals surface area contributed by atoms with Gasteiger partial charge in [-0.3, -0.25) is 9.59 Å². The third-order valence-corrected chi connectivity index (χ3v) is 3.86. The molecule has 0 bridgehead atoms. The van der Waals surface area contributed by atoms with E-state index in [1.165, 1.54) is 4.90 Å². The number of rotatable bonds is 2. The van der Waals surface area contributed by atoms with Gasteiger partial charge in [-0.05, 0) is 13.3 Å². The number of ether oxygens (including phenoxy) is 1. The largest absolute Gasteiger partial charge is 0.479 e. The normalized spacial score (nSPS) is 31.3. The summed E-state index contributed by atoms with van der Waals surface area (Å²) in [4.78, 5) is 38.2. The van der Waals surface area contributed by atoms with E-state index in [4.69, 9.17) is 9.84 Å². The van der Waals surface area contributed by atoms with E-state index in [9.17, 15) is 14.4 Å². The number of likely N-dealkylation sites (tertiary alicyclic amines) is 1. The predicted octanol–water partition coefficient (Wildman–Crippen LogP) is -0.445. The van der Waals surface area contributed by atoms with Crippen LogP contribution in [0.5, 0.6) is 0 Å². The molecule has 2 aliphatic heterocycles. The number of amides is 2. The molecule has 2 unspecified atom stereocenters. The Hall–Kier alpha value is -1.63. The van der Waals surface area contributed by atoms with Crippen molar-refractivity contribution in [1.82, 2.24) is 9.80 Å². The molecule has 0 spiro atoms. The molecule has 2 rings (SSSR count). The number of hydrogen-bond donors (Lipinski definition) is 1. The van der Waals surface area contributed by atoms with E-state index in [0.717, 1.165) is 0 Å². The maximum absolute atomic E-state index is 12.4. The number of aliphatic carboxylic acids is 1. The van der Waals surface area contributed by atoms with Crippen LogP contribution < -0.4 is 0 Å². The average molecular weight is 284 g/mol. The molecular formula is C13H20N2O5. The van der Waals surface area contributed by atoms with Crippen LogP contribution in [0.3, 0.4) is 0 Å². The van der Waals surface area contributed by atoms with Crippen LogP contribution in [0.25, 0.3) is 0 Å². The van der Waals surface area contributed by atoms with Crippen molar-refractivity contribution in [2.45, 2.75) is 32.0 Å². The number of carboxylic acid groups (broad SMARTS) is 1. The predicted molar refractivity (Wildman–Crippen MR) is 68.9 cm³/mol. The van der Waals surface area contributed by atoms with Gasteiger partial charge in [-0.15, -0.1) is 0 Å². The third-order valence-electron chi connectivity index (χ3n) is 3.86. The Bertz CT molecular complexity index is 425. The fraction of sp³-hybridized carbons (Fsp3) is 0.769. The van der Waals surface area contributed by atoms with E-state index in [0.29, 0.717) is 19.5 Å². The topological polar surface area (TPSA) is 87.2 Å². The zero-order valence-electron chi connectivity index (χ0n) is 11.7. The number of carbonyl (C=O) groups is 3. The molecule has 0 aromatic rings. The lowest BCUT2D eigenvalue weighted by atomic mass is 9.94. The molecule has 0 radical (unpaired) electrons. The molecule has 2 saturated heterocycles. The van der Waals surface area contributed by atoms with Crippen molar-refractivity contribution in [2.75, 3.05) is 26.7 Å². The number of piperidine rings is 1. The van der Waals surface area contributed by atoms with Crippen molar-refractivity contribution in [1.29, 1.82) is 0 Å². The molecule has 0 aromatic carbocycles. The summed E-state index contributed by atoms with van der Waals surface area (Å²) in [5.74, 6) is -1.56. The van der Waals surface area contributed by atoms with E-state index in [-0.39, 0.29) is 36.8 Å². The maximum atomic E-state index is 12.4. The van der Waals surface area contributed by atoms with Crippen LogP contribution in [0, 0.1) is 5.92 Å². The van der Waals surface area contributed by atoms with Crippen LogP contribution in [0.1, 0.15) is 19.8 Å². The highest BCUT2D eigenvalue weighted by atomic mass is 16.5. The third kappa shape index (κ3) is 3.09. The zero-order valence-corrected chi connectivity index (χ0v) is 11.7. The Kier molecular flexibility index (Phi) is 4.27. The van der Waals surface area contributed by atoms with Gasteiger partial charge in [-0.2, -0.15) is 0 Å². The summed E-state index contributed by atoms with van der Waals surface area (Å²) in [7, 11) is 1.72. The lowest BCUT2D eigenvalue weighted by molar-refractivity contribution is -0.169. The number of morpholine rings is 1. The SMILES string of the molecule is C[C@@H]1CN(C(=O)C2CCN(C)C(=O)C2)CC(C(=O)O)O1. The molecule has 2 aliphatic rings. The summed E-state index contributed by atoms with van der Waals surface area (Å²) in [5, 5.41) is 9.02.